The van der Waals surface area contributed by atoms with E-state index < -0.39 is 14.3 Å². The van der Waals surface area contributed by atoms with Crippen LogP contribution >= 0.6 is 0 Å². The Hall–Kier alpha value is -1.49. The summed E-state index contributed by atoms with van der Waals surface area (Å²) in [5, 5.41) is 18.8. The van der Waals surface area contributed by atoms with E-state index in [1.165, 1.54) is 6.07 Å². The third-order valence-corrected chi connectivity index (χ3v) is 7.74. The molecule has 0 amide bonds. The van der Waals surface area contributed by atoms with Crippen LogP contribution in [0, 0.1) is 0 Å². The summed E-state index contributed by atoms with van der Waals surface area (Å²) in [7, 11) is -2.09. The molecule has 0 atom stereocenters. The Labute approximate surface area is 108 Å². The van der Waals surface area contributed by atoms with Gasteiger partial charge in [-0.2, -0.15) is 0 Å². The standard InChI is InChI=1S/C13H20O4Si/c1-13(2,3)18(4,5)17-10-8-6-7-9(11(10)14)12(15)16/h6-8,14H,1-5H3,(H,15,16). The largest absolute Gasteiger partial charge is 0.541 e. The van der Waals surface area contributed by atoms with Crippen molar-refractivity contribution in [3.05, 3.63) is 23.8 Å². The van der Waals surface area contributed by atoms with Crippen LogP contribution in [0.1, 0.15) is 31.1 Å². The number of carboxylic acid groups (broad SMARTS) is 1. The number of aromatic carboxylic acids is 1. The average Bonchev–Trinajstić information content (AvgIpc) is 2.18. The van der Waals surface area contributed by atoms with Crippen molar-refractivity contribution in [1.82, 2.24) is 0 Å². The SMILES string of the molecule is CC(C)(C)[Si](C)(C)Oc1cccc(C(=O)O)c1O. The second-order valence-electron chi connectivity index (χ2n) is 5.82. The minimum absolute atomic E-state index is 0.0152. The molecule has 0 aliphatic heterocycles. The lowest BCUT2D eigenvalue weighted by molar-refractivity contribution is 0.0693. The normalized spacial score (nSPS) is 12.3. The van der Waals surface area contributed by atoms with Crippen molar-refractivity contribution in [3.63, 3.8) is 0 Å². The average molecular weight is 268 g/mol. The molecule has 0 aliphatic carbocycles. The predicted molar refractivity (Wildman–Crippen MR) is 72.9 cm³/mol. The molecule has 0 fully saturated rings. The van der Waals surface area contributed by atoms with E-state index in [1.807, 2.05) is 13.1 Å². The maximum atomic E-state index is 10.9. The molecule has 100 valence electrons. The summed E-state index contributed by atoms with van der Waals surface area (Å²) in [6, 6.07) is 4.53. The number of carboxylic acids is 1. The molecule has 1 aromatic rings. The minimum Gasteiger partial charge on any atom is -0.541 e. The van der Waals surface area contributed by atoms with Gasteiger partial charge in [0.15, 0.2) is 5.75 Å². The molecule has 1 rings (SSSR count). The highest BCUT2D eigenvalue weighted by molar-refractivity contribution is 6.74. The maximum Gasteiger partial charge on any atom is 0.339 e. The lowest BCUT2D eigenvalue weighted by atomic mass is 10.2. The Morgan fingerprint density at radius 1 is 1.28 bits per heavy atom. The smallest absolute Gasteiger partial charge is 0.339 e. The van der Waals surface area contributed by atoms with Crippen LogP contribution < -0.4 is 4.43 Å². The van der Waals surface area contributed by atoms with Crippen LogP contribution in [0.2, 0.25) is 18.1 Å². The number of aromatic hydroxyl groups is 1. The second-order valence-corrected chi connectivity index (χ2v) is 10.5. The van der Waals surface area contributed by atoms with Gasteiger partial charge in [0.25, 0.3) is 8.32 Å². The zero-order valence-electron chi connectivity index (χ0n) is 11.4. The first-order valence-electron chi connectivity index (χ1n) is 5.80. The van der Waals surface area contributed by atoms with Crippen molar-refractivity contribution in [2.24, 2.45) is 0 Å². The van der Waals surface area contributed by atoms with Gasteiger partial charge in [-0.05, 0) is 30.3 Å². The van der Waals surface area contributed by atoms with Gasteiger partial charge in [0.05, 0.1) is 0 Å². The molecule has 0 spiro atoms. The van der Waals surface area contributed by atoms with Crippen molar-refractivity contribution in [1.29, 1.82) is 0 Å². The maximum absolute atomic E-state index is 10.9. The monoisotopic (exact) mass is 268 g/mol. The molecule has 18 heavy (non-hydrogen) atoms. The van der Waals surface area contributed by atoms with Gasteiger partial charge < -0.3 is 14.6 Å². The highest BCUT2D eigenvalue weighted by Crippen LogP contribution is 2.40. The molecule has 0 radical (unpaired) electrons. The third-order valence-electron chi connectivity index (χ3n) is 3.40. The topological polar surface area (TPSA) is 66.8 Å². The van der Waals surface area contributed by atoms with E-state index in [4.69, 9.17) is 9.53 Å². The molecule has 0 aromatic heterocycles. The van der Waals surface area contributed by atoms with Gasteiger partial charge >= 0.3 is 5.97 Å². The third kappa shape index (κ3) is 2.84. The van der Waals surface area contributed by atoms with Crippen LogP contribution in [0.25, 0.3) is 0 Å². The lowest BCUT2D eigenvalue weighted by Gasteiger charge is -2.36. The molecule has 0 saturated carbocycles. The van der Waals surface area contributed by atoms with Crippen molar-refractivity contribution in [2.75, 3.05) is 0 Å². The number of carbonyl (C=O) groups is 1. The molecule has 0 heterocycles. The number of hydrogen-bond donors (Lipinski definition) is 2. The summed E-state index contributed by atoms with van der Waals surface area (Å²) in [5.74, 6) is -1.20. The number of hydrogen-bond acceptors (Lipinski definition) is 3. The quantitative estimate of drug-likeness (QED) is 0.824. The first-order valence-corrected chi connectivity index (χ1v) is 8.71. The zero-order chi connectivity index (χ0) is 14.1. The summed E-state index contributed by atoms with van der Waals surface area (Å²) >= 11 is 0. The Morgan fingerprint density at radius 2 is 1.83 bits per heavy atom. The van der Waals surface area contributed by atoms with Crippen molar-refractivity contribution in [2.45, 2.75) is 38.9 Å². The van der Waals surface area contributed by atoms with Crippen molar-refractivity contribution >= 4 is 14.3 Å². The summed E-state index contributed by atoms with van der Waals surface area (Å²) in [6.07, 6.45) is 0. The molecule has 0 unspecified atom stereocenters. The molecule has 1 aromatic carbocycles. The number of phenols is 1. The predicted octanol–water partition coefficient (Wildman–Crippen LogP) is 3.47. The van der Waals surface area contributed by atoms with Crippen molar-refractivity contribution in [3.8, 4) is 11.5 Å². The molecular formula is C13H20O4Si. The van der Waals surface area contributed by atoms with Crippen LogP contribution in [-0.2, 0) is 0 Å². The van der Waals surface area contributed by atoms with Gasteiger partial charge in [-0.3, -0.25) is 0 Å². The van der Waals surface area contributed by atoms with Crippen LogP contribution in [0.4, 0.5) is 0 Å². The Bertz CT molecular complexity index is 461. The van der Waals surface area contributed by atoms with E-state index in [0.717, 1.165) is 0 Å². The van der Waals surface area contributed by atoms with E-state index in [1.54, 1.807) is 12.1 Å². The Morgan fingerprint density at radius 3 is 2.28 bits per heavy atom. The van der Waals surface area contributed by atoms with Gasteiger partial charge in [0.2, 0.25) is 0 Å². The van der Waals surface area contributed by atoms with Gasteiger partial charge in [0.1, 0.15) is 11.3 Å². The lowest BCUT2D eigenvalue weighted by Crippen LogP contribution is -2.43. The molecular weight excluding hydrogens is 248 g/mol. The summed E-state index contributed by atoms with van der Waals surface area (Å²) < 4.78 is 5.91. The Balaban J connectivity index is 3.14. The van der Waals surface area contributed by atoms with E-state index in [-0.39, 0.29) is 22.1 Å². The van der Waals surface area contributed by atoms with Gasteiger partial charge in [0, 0.05) is 0 Å². The Kier molecular flexibility index (Phi) is 3.76. The number of rotatable bonds is 3. The molecule has 4 nitrogen and oxygen atoms in total. The van der Waals surface area contributed by atoms with E-state index in [2.05, 4.69) is 20.8 Å². The summed E-state index contributed by atoms with van der Waals surface area (Å²) in [6.45, 7) is 10.3. The fraction of sp³-hybridized carbons (Fsp3) is 0.462. The number of benzene rings is 1. The molecule has 2 N–H and O–H groups in total. The van der Waals surface area contributed by atoms with E-state index >= 15 is 0 Å². The second kappa shape index (κ2) is 4.64. The van der Waals surface area contributed by atoms with Gasteiger partial charge in [-0.1, -0.05) is 26.8 Å². The van der Waals surface area contributed by atoms with Crippen LogP contribution in [0.3, 0.4) is 0 Å². The van der Waals surface area contributed by atoms with Crippen LogP contribution in [0.15, 0.2) is 18.2 Å². The molecule has 0 bridgehead atoms. The summed E-state index contributed by atoms with van der Waals surface area (Å²) in [4.78, 5) is 10.9. The first kappa shape index (κ1) is 14.6. The molecule has 5 heteroatoms. The fourth-order valence-corrected chi connectivity index (χ4v) is 2.23. The van der Waals surface area contributed by atoms with Gasteiger partial charge in [-0.25, -0.2) is 4.79 Å². The highest BCUT2D eigenvalue weighted by Gasteiger charge is 2.39. The van der Waals surface area contributed by atoms with Crippen LogP contribution in [-0.4, -0.2) is 24.5 Å². The van der Waals surface area contributed by atoms with Crippen molar-refractivity contribution < 1.29 is 19.4 Å². The van der Waals surface area contributed by atoms with Gasteiger partial charge in [-0.15, -0.1) is 0 Å². The molecule has 0 saturated heterocycles. The minimum atomic E-state index is -2.09. The number of para-hydroxylation sites is 1. The van der Waals surface area contributed by atoms with E-state index in [9.17, 15) is 9.90 Å². The molecule has 0 aliphatic rings. The highest BCUT2D eigenvalue weighted by atomic mass is 28.4. The fourth-order valence-electron chi connectivity index (χ4n) is 1.21. The van der Waals surface area contributed by atoms with E-state index in [0.29, 0.717) is 0 Å². The zero-order valence-corrected chi connectivity index (χ0v) is 12.4. The first-order chi connectivity index (χ1) is 8.06. The van der Waals surface area contributed by atoms with Crippen LogP contribution in [0.5, 0.6) is 11.5 Å². The summed E-state index contributed by atoms with van der Waals surface area (Å²) in [5.41, 5.74) is -0.133.